The van der Waals surface area contributed by atoms with Crippen molar-refractivity contribution in [2.24, 2.45) is 17.8 Å². The molecule has 19 heavy (non-hydrogen) atoms. The van der Waals surface area contributed by atoms with Gasteiger partial charge in [0.2, 0.25) is 0 Å². The van der Waals surface area contributed by atoms with E-state index >= 15 is 0 Å². The van der Waals surface area contributed by atoms with Gasteiger partial charge in [-0.25, -0.2) is 0 Å². The molecule has 0 amide bonds. The molecule has 4 atom stereocenters. The lowest BCUT2D eigenvalue weighted by Gasteiger charge is -2.39. The van der Waals surface area contributed by atoms with Crippen LogP contribution in [-0.4, -0.2) is 24.0 Å². The smallest absolute Gasteiger partial charge is 0.0672 e. The first-order chi connectivity index (χ1) is 9.28. The van der Waals surface area contributed by atoms with Crippen molar-refractivity contribution in [2.45, 2.75) is 71.3 Å². The van der Waals surface area contributed by atoms with E-state index in [0.29, 0.717) is 12.0 Å². The molecule has 1 aliphatic carbocycles. The molecule has 2 aliphatic rings. The van der Waals surface area contributed by atoms with Crippen molar-refractivity contribution in [1.29, 1.82) is 5.26 Å². The molecule has 1 saturated heterocycles. The maximum absolute atomic E-state index is 9.44. The summed E-state index contributed by atoms with van der Waals surface area (Å²) >= 11 is 0. The van der Waals surface area contributed by atoms with Crippen LogP contribution in [0, 0.1) is 29.1 Å². The molecule has 0 radical (unpaired) electrons. The number of nitriles is 1. The molecule has 0 bridgehead atoms. The monoisotopic (exact) mass is 262 g/mol. The topological polar surface area (TPSA) is 27.0 Å². The van der Waals surface area contributed by atoms with Crippen molar-refractivity contribution < 1.29 is 0 Å². The maximum Gasteiger partial charge on any atom is 0.0672 e. The summed E-state index contributed by atoms with van der Waals surface area (Å²) in [5, 5.41) is 9.44. The van der Waals surface area contributed by atoms with Gasteiger partial charge >= 0.3 is 0 Å². The van der Waals surface area contributed by atoms with Gasteiger partial charge in [-0.15, -0.1) is 0 Å². The van der Waals surface area contributed by atoms with Crippen LogP contribution in [-0.2, 0) is 0 Å². The lowest BCUT2D eigenvalue weighted by atomic mass is 9.77. The van der Waals surface area contributed by atoms with Crippen molar-refractivity contribution in [3.63, 3.8) is 0 Å². The average Bonchev–Trinajstić information content (AvgIpc) is 2.71. The molecule has 0 aromatic carbocycles. The molecule has 2 heteroatoms. The van der Waals surface area contributed by atoms with Gasteiger partial charge in [-0.05, 0) is 63.5 Å². The Morgan fingerprint density at radius 1 is 1.00 bits per heavy atom. The summed E-state index contributed by atoms with van der Waals surface area (Å²) in [5.41, 5.74) is 0. The minimum absolute atomic E-state index is 0.293. The van der Waals surface area contributed by atoms with Crippen LogP contribution in [0.5, 0.6) is 0 Å². The zero-order chi connectivity index (χ0) is 13.7. The molecule has 0 aromatic rings. The fourth-order valence-corrected chi connectivity index (χ4v) is 4.08. The second-order valence-corrected chi connectivity index (χ2v) is 6.63. The third kappa shape index (κ3) is 3.72. The average molecular weight is 262 g/mol. The summed E-state index contributed by atoms with van der Waals surface area (Å²) in [7, 11) is 0. The molecule has 0 spiro atoms. The van der Waals surface area contributed by atoms with E-state index in [9.17, 15) is 5.26 Å². The van der Waals surface area contributed by atoms with E-state index in [1.807, 2.05) is 0 Å². The molecule has 1 aliphatic heterocycles. The molecule has 2 fully saturated rings. The molecule has 2 rings (SSSR count). The van der Waals surface area contributed by atoms with E-state index in [1.54, 1.807) is 0 Å². The molecular weight excluding hydrogens is 232 g/mol. The lowest BCUT2D eigenvalue weighted by Crippen LogP contribution is -2.44. The number of likely N-dealkylation sites (tertiary alicyclic amines) is 1. The third-order valence-electron chi connectivity index (χ3n) is 5.60. The van der Waals surface area contributed by atoms with Crippen molar-refractivity contribution >= 4 is 0 Å². The van der Waals surface area contributed by atoms with Crippen LogP contribution in [0.25, 0.3) is 0 Å². The zero-order valence-corrected chi connectivity index (χ0v) is 12.8. The van der Waals surface area contributed by atoms with Crippen LogP contribution in [0.4, 0.5) is 0 Å². The van der Waals surface area contributed by atoms with Gasteiger partial charge < -0.3 is 0 Å². The molecule has 1 saturated carbocycles. The predicted molar refractivity (Wildman–Crippen MR) is 79.7 cm³/mol. The van der Waals surface area contributed by atoms with Crippen molar-refractivity contribution in [1.82, 2.24) is 4.90 Å². The fourth-order valence-electron chi connectivity index (χ4n) is 4.08. The second kappa shape index (κ2) is 7.29. The number of rotatable bonds is 3. The summed E-state index contributed by atoms with van der Waals surface area (Å²) in [6.07, 6.45) is 10.4. The summed E-state index contributed by atoms with van der Waals surface area (Å²) in [6, 6.07) is 3.15. The van der Waals surface area contributed by atoms with E-state index in [4.69, 9.17) is 0 Å². The molecule has 0 N–H and O–H groups in total. The van der Waals surface area contributed by atoms with Crippen LogP contribution in [0.3, 0.4) is 0 Å². The third-order valence-corrected chi connectivity index (χ3v) is 5.60. The molecule has 2 nitrogen and oxygen atoms in total. The normalized spacial score (nSPS) is 37.5. The Bertz CT molecular complexity index is 307. The SMILES string of the molecule is CCC1CCCN(C2CC(CC)CCC2C#N)CC1. The summed E-state index contributed by atoms with van der Waals surface area (Å²) in [6.45, 7) is 7.10. The summed E-state index contributed by atoms with van der Waals surface area (Å²) in [4.78, 5) is 2.67. The van der Waals surface area contributed by atoms with Crippen LogP contribution in [0.1, 0.15) is 65.2 Å². The van der Waals surface area contributed by atoms with Crippen molar-refractivity contribution in [3.8, 4) is 6.07 Å². The first-order valence-electron chi connectivity index (χ1n) is 8.42. The van der Waals surface area contributed by atoms with Gasteiger partial charge in [-0.3, -0.25) is 4.90 Å². The quantitative estimate of drug-likeness (QED) is 0.761. The van der Waals surface area contributed by atoms with Gasteiger partial charge in [-0.1, -0.05) is 26.7 Å². The lowest BCUT2D eigenvalue weighted by molar-refractivity contribution is 0.102. The van der Waals surface area contributed by atoms with E-state index in [1.165, 1.54) is 58.0 Å². The Balaban J connectivity index is 1.98. The van der Waals surface area contributed by atoms with E-state index < -0.39 is 0 Å². The molecule has 0 aromatic heterocycles. The van der Waals surface area contributed by atoms with Gasteiger partial charge in [0.05, 0.1) is 12.0 Å². The Labute approximate surface area is 119 Å². The molecule has 1 heterocycles. The van der Waals surface area contributed by atoms with Gasteiger partial charge in [0.15, 0.2) is 0 Å². The summed E-state index contributed by atoms with van der Waals surface area (Å²) in [5.74, 6) is 2.08. The maximum atomic E-state index is 9.44. The van der Waals surface area contributed by atoms with E-state index in [0.717, 1.165) is 18.3 Å². The van der Waals surface area contributed by atoms with Gasteiger partial charge in [0, 0.05) is 6.04 Å². The van der Waals surface area contributed by atoms with Gasteiger partial charge in [0.1, 0.15) is 0 Å². The number of nitrogens with zero attached hydrogens (tertiary/aromatic N) is 2. The Morgan fingerprint density at radius 2 is 1.79 bits per heavy atom. The highest BCUT2D eigenvalue weighted by Gasteiger charge is 2.34. The highest BCUT2D eigenvalue weighted by molar-refractivity contribution is 4.98. The van der Waals surface area contributed by atoms with Crippen molar-refractivity contribution in [2.75, 3.05) is 13.1 Å². The van der Waals surface area contributed by atoms with E-state index in [2.05, 4.69) is 24.8 Å². The first kappa shape index (κ1) is 14.9. The zero-order valence-electron chi connectivity index (χ0n) is 12.8. The second-order valence-electron chi connectivity index (χ2n) is 6.63. The fraction of sp³-hybridized carbons (Fsp3) is 0.941. The highest BCUT2D eigenvalue weighted by atomic mass is 15.2. The Kier molecular flexibility index (Phi) is 5.70. The highest BCUT2D eigenvalue weighted by Crippen LogP contribution is 2.35. The molecule has 4 unspecified atom stereocenters. The summed E-state index contributed by atoms with van der Waals surface area (Å²) < 4.78 is 0. The minimum Gasteiger partial charge on any atom is -0.299 e. The Morgan fingerprint density at radius 3 is 2.47 bits per heavy atom. The van der Waals surface area contributed by atoms with Gasteiger partial charge in [0.25, 0.3) is 0 Å². The molecule has 108 valence electrons. The minimum atomic E-state index is 0.293. The van der Waals surface area contributed by atoms with Gasteiger partial charge in [-0.2, -0.15) is 5.26 Å². The Hall–Kier alpha value is -0.550. The predicted octanol–water partition coefficient (Wildman–Crippen LogP) is 4.22. The van der Waals surface area contributed by atoms with E-state index in [-0.39, 0.29) is 0 Å². The standard InChI is InChI=1S/C17H30N2/c1-3-14-6-5-10-19(11-9-14)17-12-15(4-2)7-8-16(17)13-18/h14-17H,3-12H2,1-2H3. The van der Waals surface area contributed by atoms with Crippen LogP contribution in [0.2, 0.25) is 0 Å². The van der Waals surface area contributed by atoms with Crippen LogP contribution >= 0.6 is 0 Å². The number of hydrogen-bond acceptors (Lipinski definition) is 2. The van der Waals surface area contributed by atoms with Crippen molar-refractivity contribution in [3.05, 3.63) is 0 Å². The van der Waals surface area contributed by atoms with Crippen LogP contribution in [0.15, 0.2) is 0 Å². The number of hydrogen-bond donors (Lipinski definition) is 0. The first-order valence-corrected chi connectivity index (χ1v) is 8.42. The largest absolute Gasteiger partial charge is 0.299 e. The molecular formula is C17H30N2. The van der Waals surface area contributed by atoms with Crippen LogP contribution < -0.4 is 0 Å².